The van der Waals surface area contributed by atoms with Crippen LogP contribution in [0.3, 0.4) is 0 Å². The Labute approximate surface area is 110 Å². The molecule has 0 saturated carbocycles. The van der Waals surface area contributed by atoms with Crippen molar-refractivity contribution in [2.75, 3.05) is 0 Å². The molecule has 1 aliphatic rings. The first kappa shape index (κ1) is 13.0. The normalized spacial score (nSPS) is 22.9. The van der Waals surface area contributed by atoms with Crippen LogP contribution in [0, 0.1) is 19.1 Å². The van der Waals surface area contributed by atoms with E-state index in [1.807, 2.05) is 32.0 Å². The third kappa shape index (κ3) is 1.99. The number of hydrogen-bond donors (Lipinski definition) is 0. The summed E-state index contributed by atoms with van der Waals surface area (Å²) in [4.78, 5) is 0.284. The molecular weight excluding hydrogens is 246 g/mol. The highest BCUT2D eigenvalue weighted by molar-refractivity contribution is 7.67. The summed E-state index contributed by atoms with van der Waals surface area (Å²) >= 11 is 0.277. The lowest BCUT2D eigenvalue weighted by Crippen LogP contribution is -2.46. The number of benzene rings is 1. The molecule has 0 radical (unpaired) electrons. The maximum absolute atomic E-state index is 13.0. The number of nitrogens with zero attached hydrogens (tertiary/aromatic N) is 1. The van der Waals surface area contributed by atoms with Crippen LogP contribution in [0.15, 0.2) is 42.1 Å². The van der Waals surface area contributed by atoms with E-state index >= 15 is 0 Å². The van der Waals surface area contributed by atoms with Gasteiger partial charge in [0.2, 0.25) is 4.99 Å². The number of aryl methyl sites for hydroxylation is 2. The van der Waals surface area contributed by atoms with Crippen LogP contribution < -0.4 is 4.65 Å². The van der Waals surface area contributed by atoms with E-state index in [2.05, 4.69) is 0 Å². The van der Waals surface area contributed by atoms with Gasteiger partial charge in [0.25, 0.3) is 0 Å². The van der Waals surface area contributed by atoms with Crippen LogP contribution in [0.5, 0.6) is 0 Å². The molecule has 18 heavy (non-hydrogen) atoms. The topological polar surface area (TPSA) is 40.1 Å². The van der Waals surface area contributed by atoms with Gasteiger partial charge in [0, 0.05) is 17.2 Å². The minimum absolute atomic E-state index is 0.277. The van der Waals surface area contributed by atoms with E-state index < -0.39 is 4.65 Å². The molecule has 0 saturated heterocycles. The van der Waals surface area contributed by atoms with Gasteiger partial charge in [-0.25, -0.2) is 4.21 Å². The summed E-state index contributed by atoms with van der Waals surface area (Å²) in [5, 5.41) is 13.0. The summed E-state index contributed by atoms with van der Waals surface area (Å²) < 4.78 is 10.5. The molecule has 1 unspecified atom stereocenters. The molecule has 0 aliphatic carbocycles. The SMILES string of the molecule is CC1=CC=C[N+]([O-])(c2cc(C)ccc2C)C1=S=O. The van der Waals surface area contributed by atoms with E-state index in [-0.39, 0.29) is 16.2 Å². The third-order valence-electron chi connectivity index (χ3n) is 3.08. The second-order valence-corrected chi connectivity index (χ2v) is 5.08. The van der Waals surface area contributed by atoms with Crippen molar-refractivity contribution in [2.24, 2.45) is 0 Å². The summed E-state index contributed by atoms with van der Waals surface area (Å²) in [6, 6.07) is 5.73. The zero-order valence-corrected chi connectivity index (χ0v) is 11.5. The Hall–Kier alpha value is -1.49. The van der Waals surface area contributed by atoms with Crippen molar-refractivity contribution in [3.8, 4) is 0 Å². The van der Waals surface area contributed by atoms with Crippen LogP contribution in [-0.4, -0.2) is 9.20 Å². The molecule has 1 aromatic rings. The average molecular weight is 261 g/mol. The van der Waals surface area contributed by atoms with E-state index in [0.29, 0.717) is 5.69 Å². The molecule has 1 aromatic carbocycles. The highest BCUT2D eigenvalue weighted by atomic mass is 32.1. The fraction of sp³-hybridized carbons (Fsp3) is 0.214. The van der Waals surface area contributed by atoms with Crippen LogP contribution in [0.2, 0.25) is 0 Å². The van der Waals surface area contributed by atoms with Crippen LogP contribution in [0.25, 0.3) is 0 Å². The van der Waals surface area contributed by atoms with Gasteiger partial charge >= 0.3 is 0 Å². The monoisotopic (exact) mass is 261 g/mol. The zero-order valence-electron chi connectivity index (χ0n) is 10.6. The Kier molecular flexibility index (Phi) is 3.34. The molecule has 0 N–H and O–H groups in total. The Morgan fingerprint density at radius 3 is 2.61 bits per heavy atom. The largest absolute Gasteiger partial charge is 0.616 e. The van der Waals surface area contributed by atoms with Gasteiger partial charge in [0.15, 0.2) is 11.3 Å². The highest BCUT2D eigenvalue weighted by Gasteiger charge is 2.30. The quantitative estimate of drug-likeness (QED) is 0.443. The molecule has 1 aliphatic heterocycles. The van der Waals surface area contributed by atoms with Crippen molar-refractivity contribution in [3.63, 3.8) is 0 Å². The minimum Gasteiger partial charge on any atom is -0.616 e. The molecule has 3 nitrogen and oxygen atoms in total. The number of hydroxylamine groups is 2. The van der Waals surface area contributed by atoms with Gasteiger partial charge in [0.05, 0.1) is 0 Å². The Morgan fingerprint density at radius 2 is 1.94 bits per heavy atom. The average Bonchev–Trinajstić information content (AvgIpc) is 2.32. The number of rotatable bonds is 1. The standard InChI is InChI=1S/C14H15NO2S/c1-10-6-7-11(2)13(9-10)15(16)8-4-5-12(3)14(15)18-17/h4-9H,1-3H3. The van der Waals surface area contributed by atoms with Crippen LogP contribution in [-0.2, 0) is 11.3 Å². The summed E-state index contributed by atoms with van der Waals surface area (Å²) in [6.07, 6.45) is 5.01. The maximum Gasteiger partial charge on any atom is 0.239 e. The van der Waals surface area contributed by atoms with E-state index in [1.165, 1.54) is 6.20 Å². The molecule has 0 bridgehead atoms. The molecule has 0 fully saturated rings. The third-order valence-corrected chi connectivity index (χ3v) is 3.83. The Balaban J connectivity index is 2.69. The molecule has 94 valence electrons. The van der Waals surface area contributed by atoms with Crippen molar-refractivity contribution in [1.29, 1.82) is 0 Å². The number of allylic oxidation sites excluding steroid dienone is 2. The number of hydrogen-bond acceptors (Lipinski definition) is 2. The zero-order chi connectivity index (χ0) is 13.3. The van der Waals surface area contributed by atoms with Gasteiger partial charge in [0.1, 0.15) is 11.9 Å². The second-order valence-electron chi connectivity index (χ2n) is 4.53. The second kappa shape index (κ2) is 4.65. The van der Waals surface area contributed by atoms with Gasteiger partial charge in [-0.1, -0.05) is 12.1 Å². The summed E-state index contributed by atoms with van der Waals surface area (Å²) in [6.45, 7) is 5.62. The fourth-order valence-corrected chi connectivity index (χ4v) is 2.57. The molecule has 4 heteroatoms. The van der Waals surface area contributed by atoms with Crippen LogP contribution >= 0.6 is 0 Å². The fourth-order valence-electron chi connectivity index (χ4n) is 2.10. The summed E-state index contributed by atoms with van der Waals surface area (Å²) in [7, 11) is 0. The Bertz CT molecular complexity index is 612. The first-order valence-corrected chi connectivity index (χ1v) is 6.44. The first-order chi connectivity index (χ1) is 8.49. The van der Waals surface area contributed by atoms with Gasteiger partial charge < -0.3 is 5.21 Å². The molecule has 0 amide bonds. The molecule has 0 aromatic heterocycles. The van der Waals surface area contributed by atoms with E-state index in [4.69, 9.17) is 0 Å². The van der Waals surface area contributed by atoms with Crippen molar-refractivity contribution < 1.29 is 4.21 Å². The molecule has 2 rings (SSSR count). The lowest BCUT2D eigenvalue weighted by molar-refractivity contribution is 0.693. The lowest BCUT2D eigenvalue weighted by atomic mass is 10.1. The first-order valence-electron chi connectivity index (χ1n) is 5.70. The van der Waals surface area contributed by atoms with E-state index in [9.17, 15) is 9.42 Å². The molecular formula is C14H15NO2S. The minimum atomic E-state index is -0.788. The van der Waals surface area contributed by atoms with Crippen molar-refractivity contribution in [2.45, 2.75) is 20.8 Å². The van der Waals surface area contributed by atoms with Crippen LogP contribution in [0.1, 0.15) is 18.1 Å². The predicted molar refractivity (Wildman–Crippen MR) is 77.1 cm³/mol. The van der Waals surface area contributed by atoms with Gasteiger partial charge in [-0.15, -0.1) is 0 Å². The lowest BCUT2D eigenvalue weighted by Gasteiger charge is -2.40. The van der Waals surface area contributed by atoms with Gasteiger partial charge in [-0.05, 0) is 38.5 Å². The van der Waals surface area contributed by atoms with E-state index in [1.54, 1.807) is 19.1 Å². The molecule has 1 atom stereocenters. The maximum atomic E-state index is 13.0. The molecule has 1 heterocycles. The molecule has 0 spiro atoms. The van der Waals surface area contributed by atoms with Gasteiger partial charge in [-0.3, -0.25) is 4.65 Å². The summed E-state index contributed by atoms with van der Waals surface area (Å²) in [5.74, 6) is 0. The van der Waals surface area contributed by atoms with Crippen molar-refractivity contribution in [3.05, 3.63) is 58.5 Å². The van der Waals surface area contributed by atoms with Gasteiger partial charge in [-0.2, -0.15) is 0 Å². The Morgan fingerprint density at radius 1 is 1.22 bits per heavy atom. The van der Waals surface area contributed by atoms with E-state index in [0.717, 1.165) is 16.7 Å². The van der Waals surface area contributed by atoms with Crippen LogP contribution in [0.4, 0.5) is 5.69 Å². The summed E-state index contributed by atoms with van der Waals surface area (Å²) in [5.41, 5.74) is 3.24. The predicted octanol–water partition coefficient (Wildman–Crippen LogP) is 2.93. The number of quaternary nitrogens is 1. The highest BCUT2D eigenvalue weighted by Crippen LogP contribution is 2.32. The van der Waals surface area contributed by atoms with Crippen molar-refractivity contribution in [1.82, 2.24) is 4.65 Å². The smallest absolute Gasteiger partial charge is 0.239 e. The van der Waals surface area contributed by atoms with Crippen molar-refractivity contribution >= 4 is 21.9 Å².